The lowest BCUT2D eigenvalue weighted by molar-refractivity contribution is 0.0499. The van der Waals surface area contributed by atoms with Gasteiger partial charge in [-0.25, -0.2) is 4.79 Å². The first-order chi connectivity index (χ1) is 8.09. The fourth-order valence-corrected chi connectivity index (χ4v) is 6.93. The van der Waals surface area contributed by atoms with E-state index in [0.29, 0.717) is 6.04 Å². The summed E-state index contributed by atoms with van der Waals surface area (Å²) in [5.41, 5.74) is 0.510. The fourth-order valence-electron chi connectivity index (χ4n) is 3.73. The molecule has 4 atom stereocenters. The minimum Gasteiger partial charge on any atom is -0.444 e. The highest BCUT2D eigenvalue weighted by Crippen LogP contribution is 2.65. The first-order valence-corrected chi connectivity index (χ1v) is 10.7. The van der Waals surface area contributed by atoms with Crippen LogP contribution in [-0.2, 0) is 4.74 Å². The molecule has 2 rings (SSSR count). The van der Waals surface area contributed by atoms with Crippen LogP contribution in [0, 0.1) is 11.8 Å². The summed E-state index contributed by atoms with van der Waals surface area (Å²) in [7, 11) is -1.05. The summed E-state index contributed by atoms with van der Waals surface area (Å²) in [5, 5.41) is 3.09. The van der Waals surface area contributed by atoms with Crippen LogP contribution in [0.15, 0.2) is 0 Å². The Morgan fingerprint density at radius 3 is 2.28 bits per heavy atom. The molecule has 0 saturated heterocycles. The van der Waals surface area contributed by atoms with Crippen LogP contribution in [-0.4, -0.2) is 25.8 Å². The minimum atomic E-state index is -1.05. The van der Waals surface area contributed by atoms with Crippen molar-refractivity contribution in [2.45, 2.75) is 70.4 Å². The van der Waals surface area contributed by atoms with E-state index in [4.69, 9.17) is 4.74 Å². The largest absolute Gasteiger partial charge is 0.444 e. The Balaban J connectivity index is 1.87. The van der Waals surface area contributed by atoms with Crippen LogP contribution in [0.1, 0.15) is 33.6 Å². The molecule has 0 aromatic rings. The van der Waals surface area contributed by atoms with E-state index in [1.165, 1.54) is 6.42 Å². The smallest absolute Gasteiger partial charge is 0.407 e. The monoisotopic (exact) mass is 269 g/mol. The molecule has 0 heterocycles. The van der Waals surface area contributed by atoms with E-state index in [0.717, 1.165) is 23.8 Å². The highest BCUT2D eigenvalue weighted by Gasteiger charge is 2.62. The lowest BCUT2D eigenvalue weighted by Gasteiger charge is -2.25. The Bertz CT molecular complexity index is 343. The number of nitrogens with one attached hydrogen (secondary N) is 1. The summed E-state index contributed by atoms with van der Waals surface area (Å²) < 4.78 is 5.35. The van der Waals surface area contributed by atoms with Crippen LogP contribution in [0.4, 0.5) is 4.79 Å². The summed E-state index contributed by atoms with van der Waals surface area (Å²) in [4.78, 5) is 11.8. The maximum absolute atomic E-state index is 11.8. The Hall–Kier alpha value is -0.513. The van der Waals surface area contributed by atoms with Gasteiger partial charge in [-0.05, 0) is 51.0 Å². The van der Waals surface area contributed by atoms with Crippen molar-refractivity contribution in [1.29, 1.82) is 0 Å². The maximum Gasteiger partial charge on any atom is 0.407 e. The van der Waals surface area contributed by atoms with Crippen molar-refractivity contribution in [3.8, 4) is 0 Å². The first-order valence-electron chi connectivity index (χ1n) is 7.09. The Morgan fingerprint density at radius 1 is 1.22 bits per heavy atom. The minimum absolute atomic E-state index is 0.241. The number of fused-ring (bicyclic) bond motifs is 1. The van der Waals surface area contributed by atoms with E-state index < -0.39 is 13.7 Å². The second-order valence-electron chi connectivity index (χ2n) is 7.96. The van der Waals surface area contributed by atoms with E-state index >= 15 is 0 Å². The van der Waals surface area contributed by atoms with Gasteiger partial charge in [0.2, 0.25) is 0 Å². The zero-order valence-electron chi connectivity index (χ0n) is 12.5. The van der Waals surface area contributed by atoms with E-state index in [1.54, 1.807) is 0 Å². The van der Waals surface area contributed by atoms with Gasteiger partial charge in [-0.3, -0.25) is 0 Å². The van der Waals surface area contributed by atoms with Crippen LogP contribution in [0.5, 0.6) is 0 Å². The molecule has 1 amide bonds. The average molecular weight is 269 g/mol. The lowest BCUT2D eigenvalue weighted by Crippen LogP contribution is -2.40. The van der Waals surface area contributed by atoms with Gasteiger partial charge in [0.05, 0.1) is 0 Å². The van der Waals surface area contributed by atoms with Crippen LogP contribution in [0.25, 0.3) is 0 Å². The summed E-state index contributed by atoms with van der Waals surface area (Å²) in [6, 6.07) is 0.363. The van der Waals surface area contributed by atoms with Crippen molar-refractivity contribution in [2.24, 2.45) is 11.8 Å². The van der Waals surface area contributed by atoms with Crippen molar-refractivity contribution in [3.63, 3.8) is 0 Å². The molecule has 0 aromatic carbocycles. The van der Waals surface area contributed by atoms with Gasteiger partial charge in [-0.1, -0.05) is 19.6 Å². The third kappa shape index (κ3) is 2.90. The van der Waals surface area contributed by atoms with Crippen molar-refractivity contribution in [3.05, 3.63) is 0 Å². The van der Waals surface area contributed by atoms with E-state index in [1.807, 2.05) is 20.8 Å². The topological polar surface area (TPSA) is 38.3 Å². The molecule has 2 fully saturated rings. The predicted octanol–water partition coefficient (Wildman–Crippen LogP) is 3.63. The molecule has 4 unspecified atom stereocenters. The van der Waals surface area contributed by atoms with Gasteiger partial charge in [0, 0.05) is 14.1 Å². The van der Waals surface area contributed by atoms with Gasteiger partial charge in [-0.2, -0.15) is 0 Å². The third-order valence-electron chi connectivity index (χ3n) is 4.21. The molecule has 4 heteroatoms. The summed E-state index contributed by atoms with van der Waals surface area (Å²) >= 11 is 0. The molecule has 0 spiro atoms. The number of amides is 1. The van der Waals surface area contributed by atoms with Gasteiger partial charge in [0.1, 0.15) is 5.60 Å². The lowest BCUT2D eigenvalue weighted by atomic mass is 10.2. The molecule has 18 heavy (non-hydrogen) atoms. The first kappa shape index (κ1) is 13.9. The van der Waals surface area contributed by atoms with Gasteiger partial charge in [-0.15, -0.1) is 0 Å². The molecule has 2 aliphatic carbocycles. The molecule has 0 aromatic heterocycles. The number of rotatable bonds is 2. The molecule has 0 radical (unpaired) electrons. The SMILES string of the molecule is CC(C)(C)OC(=O)NC1CCC2C1C2[Si](C)(C)C. The highest BCUT2D eigenvalue weighted by molar-refractivity contribution is 6.78. The van der Waals surface area contributed by atoms with Gasteiger partial charge in [0.25, 0.3) is 0 Å². The molecule has 2 saturated carbocycles. The van der Waals surface area contributed by atoms with Crippen molar-refractivity contribution in [2.75, 3.05) is 0 Å². The number of hydrogen-bond donors (Lipinski definition) is 1. The summed E-state index contributed by atoms with van der Waals surface area (Å²) in [6.07, 6.45) is 2.18. The summed E-state index contributed by atoms with van der Waals surface area (Å²) in [6.45, 7) is 13.1. The zero-order chi connectivity index (χ0) is 13.7. The van der Waals surface area contributed by atoms with E-state index in [9.17, 15) is 4.79 Å². The van der Waals surface area contributed by atoms with Crippen LogP contribution >= 0.6 is 0 Å². The van der Waals surface area contributed by atoms with E-state index in [2.05, 4.69) is 25.0 Å². The molecular weight excluding hydrogens is 242 g/mol. The average Bonchev–Trinajstić information content (AvgIpc) is 2.73. The molecular formula is C14H27NO2Si. The Labute approximate surface area is 112 Å². The van der Waals surface area contributed by atoms with E-state index in [-0.39, 0.29) is 6.09 Å². The number of carbonyl (C=O) groups is 1. The van der Waals surface area contributed by atoms with Gasteiger partial charge < -0.3 is 10.1 Å². The van der Waals surface area contributed by atoms with Crippen LogP contribution in [0.3, 0.4) is 0 Å². The van der Waals surface area contributed by atoms with Crippen LogP contribution < -0.4 is 5.32 Å². The molecule has 3 nitrogen and oxygen atoms in total. The number of carbonyl (C=O) groups excluding carboxylic acids is 1. The second kappa shape index (κ2) is 4.25. The molecule has 0 aliphatic heterocycles. The highest BCUT2D eigenvalue weighted by atomic mass is 28.3. The third-order valence-corrected chi connectivity index (χ3v) is 7.02. The number of ether oxygens (including phenoxy) is 1. The normalized spacial score (nSPS) is 35.0. The zero-order valence-corrected chi connectivity index (χ0v) is 13.5. The predicted molar refractivity (Wildman–Crippen MR) is 76.5 cm³/mol. The number of hydrogen-bond acceptors (Lipinski definition) is 2. The van der Waals surface area contributed by atoms with Crippen molar-refractivity contribution in [1.82, 2.24) is 5.32 Å². The maximum atomic E-state index is 11.8. The second-order valence-corrected chi connectivity index (χ2v) is 13.4. The quantitative estimate of drug-likeness (QED) is 0.777. The summed E-state index contributed by atoms with van der Waals surface area (Å²) in [5.74, 6) is 1.63. The molecule has 2 aliphatic rings. The fraction of sp³-hybridized carbons (Fsp3) is 0.929. The van der Waals surface area contributed by atoms with Gasteiger partial charge >= 0.3 is 6.09 Å². The standard InChI is InChI=1S/C14H27NO2Si/c1-14(2,3)17-13(16)15-10-8-7-9-11(10)12(9)18(4,5)6/h9-12H,7-8H2,1-6H3,(H,15,16). The Morgan fingerprint density at radius 2 is 1.83 bits per heavy atom. The molecule has 0 bridgehead atoms. The number of alkyl carbamates (subject to hydrolysis) is 1. The molecule has 1 N–H and O–H groups in total. The van der Waals surface area contributed by atoms with Gasteiger partial charge in [0.15, 0.2) is 0 Å². The van der Waals surface area contributed by atoms with Crippen molar-refractivity contribution >= 4 is 14.2 Å². The van der Waals surface area contributed by atoms with Crippen molar-refractivity contribution < 1.29 is 9.53 Å². The molecule has 104 valence electrons. The van der Waals surface area contributed by atoms with Crippen LogP contribution in [0.2, 0.25) is 25.2 Å². The Kier molecular flexibility index (Phi) is 3.29.